The predicted molar refractivity (Wildman–Crippen MR) is 157 cm³/mol. The highest BCUT2D eigenvalue weighted by Crippen LogP contribution is 2.38. The summed E-state index contributed by atoms with van der Waals surface area (Å²) in [5, 5.41) is 18.5. The van der Waals surface area contributed by atoms with E-state index in [1.807, 2.05) is 29.6 Å². The number of anilines is 1. The van der Waals surface area contributed by atoms with Crippen LogP contribution in [0.5, 0.6) is 0 Å². The molecule has 3 heterocycles. The third kappa shape index (κ3) is 5.22. The number of carbonyl (C=O) groups excluding carboxylic acids is 2. The quantitative estimate of drug-likeness (QED) is 0.149. The minimum atomic E-state index is -0.522. The first kappa shape index (κ1) is 26.4. The molecule has 0 radical (unpaired) electrons. The molecule has 0 unspecified atom stereocenters. The molecule has 1 N–H and O–H groups in total. The Hall–Kier alpha value is -3.18. The van der Waals surface area contributed by atoms with E-state index < -0.39 is 5.97 Å². The van der Waals surface area contributed by atoms with Gasteiger partial charge in [-0.1, -0.05) is 53.7 Å². The average Bonchev–Trinajstić information content (AvgIpc) is 3.64. The normalized spacial score (nSPS) is 11.3. The Kier molecular flexibility index (Phi) is 7.85. The predicted octanol–water partition coefficient (Wildman–Crippen LogP) is 7.64. The molecule has 0 bridgehead atoms. The van der Waals surface area contributed by atoms with Crippen LogP contribution in [0.3, 0.4) is 0 Å². The van der Waals surface area contributed by atoms with E-state index in [4.69, 9.17) is 16.3 Å². The number of carbonyl (C=O) groups is 2. The second-order valence-electron chi connectivity index (χ2n) is 8.60. The monoisotopic (exact) mass is 582 g/mol. The molecule has 194 valence electrons. The van der Waals surface area contributed by atoms with Crippen molar-refractivity contribution in [3.63, 3.8) is 0 Å². The van der Waals surface area contributed by atoms with Crippen molar-refractivity contribution >= 4 is 73.0 Å². The van der Waals surface area contributed by atoms with E-state index in [9.17, 15) is 9.59 Å². The number of halogens is 1. The minimum absolute atomic E-state index is 0.0920. The second-order valence-corrected chi connectivity index (χ2v) is 11.8. The van der Waals surface area contributed by atoms with Crippen molar-refractivity contribution in [2.75, 3.05) is 18.2 Å². The van der Waals surface area contributed by atoms with E-state index in [-0.39, 0.29) is 17.7 Å². The number of nitrogens with zero attached hydrogens (tertiary/aromatic N) is 3. The summed E-state index contributed by atoms with van der Waals surface area (Å²) in [4.78, 5) is 25.6. The van der Waals surface area contributed by atoms with E-state index >= 15 is 0 Å². The van der Waals surface area contributed by atoms with Crippen LogP contribution in [-0.4, -0.2) is 39.5 Å². The summed E-state index contributed by atoms with van der Waals surface area (Å²) in [7, 11) is 1.32. The molecular weight excluding hydrogens is 560 g/mol. The number of thioether (sulfide) groups is 1. The van der Waals surface area contributed by atoms with Gasteiger partial charge in [0.05, 0.1) is 12.9 Å². The van der Waals surface area contributed by atoms with Crippen molar-refractivity contribution in [3.8, 4) is 22.5 Å². The number of aromatic nitrogens is 3. The van der Waals surface area contributed by atoms with Gasteiger partial charge in [0.1, 0.15) is 10.6 Å². The van der Waals surface area contributed by atoms with Crippen LogP contribution in [0.4, 0.5) is 5.00 Å². The van der Waals surface area contributed by atoms with Crippen molar-refractivity contribution in [1.29, 1.82) is 0 Å². The smallest absolute Gasteiger partial charge is 0.341 e. The molecule has 5 rings (SSSR count). The highest BCUT2D eigenvalue weighted by atomic mass is 35.5. The third-order valence-corrected chi connectivity index (χ3v) is 8.88. The second kappa shape index (κ2) is 11.3. The van der Waals surface area contributed by atoms with Gasteiger partial charge in [-0.05, 0) is 37.6 Å². The summed E-state index contributed by atoms with van der Waals surface area (Å²) in [6, 6.07) is 15.5. The summed E-state index contributed by atoms with van der Waals surface area (Å²) in [5.41, 5.74) is 2.82. The number of methoxy groups -OCH3 is 1. The third-order valence-electron chi connectivity index (χ3n) is 5.82. The van der Waals surface area contributed by atoms with Gasteiger partial charge in [0.25, 0.3) is 0 Å². The molecule has 1 amide bonds. The van der Waals surface area contributed by atoms with Gasteiger partial charge < -0.3 is 10.1 Å². The fraction of sp³-hybridized carbons (Fsp3) is 0.185. The molecule has 0 saturated heterocycles. The molecule has 0 atom stereocenters. The number of amides is 1. The van der Waals surface area contributed by atoms with Crippen LogP contribution in [0.15, 0.2) is 64.4 Å². The molecule has 0 aliphatic rings. The lowest BCUT2D eigenvalue weighted by Gasteiger charge is -2.13. The molecule has 2 aromatic carbocycles. The summed E-state index contributed by atoms with van der Waals surface area (Å²) < 4.78 is 8.24. The summed E-state index contributed by atoms with van der Waals surface area (Å²) in [5.74, 6) is 0.0975. The molecule has 0 fully saturated rings. The molecule has 7 nitrogen and oxygen atoms in total. The number of thiophene rings is 2. The first-order valence-corrected chi connectivity index (χ1v) is 14.8. The van der Waals surface area contributed by atoms with Crippen LogP contribution in [-0.2, 0) is 9.53 Å². The van der Waals surface area contributed by atoms with Crippen molar-refractivity contribution in [3.05, 3.63) is 69.9 Å². The fourth-order valence-electron chi connectivity index (χ4n) is 4.06. The maximum Gasteiger partial charge on any atom is 0.341 e. The van der Waals surface area contributed by atoms with Crippen molar-refractivity contribution < 1.29 is 14.3 Å². The van der Waals surface area contributed by atoms with Crippen LogP contribution in [0.25, 0.3) is 32.6 Å². The lowest BCUT2D eigenvalue weighted by atomic mass is 10.0. The van der Waals surface area contributed by atoms with Crippen molar-refractivity contribution in [1.82, 2.24) is 14.8 Å². The van der Waals surface area contributed by atoms with Gasteiger partial charge in [0.15, 0.2) is 11.0 Å². The van der Waals surface area contributed by atoms with Gasteiger partial charge >= 0.3 is 5.97 Å². The van der Waals surface area contributed by atoms with Gasteiger partial charge in [-0.25, -0.2) is 4.79 Å². The Morgan fingerprint density at radius 2 is 1.79 bits per heavy atom. The highest BCUT2D eigenvalue weighted by Gasteiger charge is 2.24. The van der Waals surface area contributed by atoms with E-state index in [0.29, 0.717) is 26.3 Å². The van der Waals surface area contributed by atoms with Gasteiger partial charge in [0.2, 0.25) is 5.91 Å². The maximum absolute atomic E-state index is 13.0. The van der Waals surface area contributed by atoms with E-state index in [2.05, 4.69) is 51.4 Å². The van der Waals surface area contributed by atoms with Crippen LogP contribution < -0.4 is 5.32 Å². The Morgan fingerprint density at radius 1 is 1.05 bits per heavy atom. The number of hydrogen-bond donors (Lipinski definition) is 1. The molecule has 0 spiro atoms. The Labute approximate surface area is 236 Å². The molecule has 3 aromatic heterocycles. The zero-order chi connectivity index (χ0) is 26.8. The van der Waals surface area contributed by atoms with Crippen LogP contribution >= 0.6 is 46.0 Å². The Balaban J connectivity index is 1.36. The van der Waals surface area contributed by atoms with Crippen molar-refractivity contribution in [2.45, 2.75) is 25.0 Å². The number of ether oxygens (including phenoxy) is 1. The lowest BCUT2D eigenvalue weighted by Crippen LogP contribution is -2.16. The summed E-state index contributed by atoms with van der Waals surface area (Å²) >= 11 is 10.3. The average molecular weight is 583 g/mol. The van der Waals surface area contributed by atoms with Gasteiger partial charge in [-0.15, -0.1) is 32.9 Å². The molecule has 11 heteroatoms. The number of rotatable bonds is 8. The molecule has 5 aromatic rings. The molecular formula is C27H23ClN4O3S3. The minimum Gasteiger partial charge on any atom is -0.465 e. The molecule has 0 aliphatic heterocycles. The van der Waals surface area contributed by atoms with Gasteiger partial charge in [-0.2, -0.15) is 0 Å². The van der Waals surface area contributed by atoms with Crippen molar-refractivity contribution in [2.24, 2.45) is 0 Å². The Morgan fingerprint density at radius 3 is 2.53 bits per heavy atom. The number of benzene rings is 2. The van der Waals surface area contributed by atoms with E-state index in [1.54, 1.807) is 23.5 Å². The molecule has 38 heavy (non-hydrogen) atoms. The van der Waals surface area contributed by atoms with E-state index in [0.717, 1.165) is 22.3 Å². The Bertz CT molecular complexity index is 1620. The standard InChI is InChI=1S/C27H23ClN4O3S3/c1-15(2)32-24(20-13-36-21-7-5-4-6-18(20)21)30-31-27(32)38-14-22(33)29-25-23(26(34)35-3)19(12-37-25)16-8-10-17(28)11-9-16/h4-13,15H,14H2,1-3H3,(H,29,33). The fourth-order valence-corrected chi connectivity index (χ4v) is 6.97. The number of fused-ring (bicyclic) bond motifs is 1. The van der Waals surface area contributed by atoms with Crippen LogP contribution in [0, 0.1) is 0 Å². The molecule has 0 saturated carbocycles. The summed E-state index contributed by atoms with van der Waals surface area (Å²) in [6.07, 6.45) is 0. The zero-order valence-corrected chi connectivity index (χ0v) is 23.9. The number of hydrogen-bond acceptors (Lipinski definition) is 8. The number of nitrogens with one attached hydrogen (secondary N) is 1. The van der Waals surface area contributed by atoms with Crippen LogP contribution in [0.2, 0.25) is 5.02 Å². The highest BCUT2D eigenvalue weighted by molar-refractivity contribution is 7.99. The molecule has 0 aliphatic carbocycles. The topological polar surface area (TPSA) is 86.1 Å². The van der Waals surface area contributed by atoms with Gasteiger partial charge in [0, 0.05) is 43.0 Å². The number of esters is 1. The largest absolute Gasteiger partial charge is 0.465 e. The zero-order valence-electron chi connectivity index (χ0n) is 20.7. The summed E-state index contributed by atoms with van der Waals surface area (Å²) in [6.45, 7) is 4.14. The van der Waals surface area contributed by atoms with Gasteiger partial charge in [-0.3, -0.25) is 9.36 Å². The van der Waals surface area contributed by atoms with E-state index in [1.165, 1.54) is 34.9 Å². The van der Waals surface area contributed by atoms with Crippen LogP contribution in [0.1, 0.15) is 30.2 Å². The SMILES string of the molecule is COC(=O)c1c(-c2ccc(Cl)cc2)csc1NC(=O)CSc1nnc(-c2csc3ccccc23)n1C(C)C. The maximum atomic E-state index is 13.0. The first-order chi connectivity index (χ1) is 18.4. The first-order valence-electron chi connectivity index (χ1n) is 11.7. The lowest BCUT2D eigenvalue weighted by molar-refractivity contribution is -0.113.